The quantitative estimate of drug-likeness (QED) is 0.773. The van der Waals surface area contributed by atoms with Gasteiger partial charge in [-0.1, -0.05) is 19.8 Å². The summed E-state index contributed by atoms with van der Waals surface area (Å²) in [4.78, 5) is 13.4. The van der Waals surface area contributed by atoms with Crippen molar-refractivity contribution in [2.75, 3.05) is 20.7 Å². The summed E-state index contributed by atoms with van der Waals surface area (Å²) in [6, 6.07) is -0.234. The summed E-state index contributed by atoms with van der Waals surface area (Å²) in [6.07, 6.45) is 4.25. The highest BCUT2D eigenvalue weighted by Crippen LogP contribution is 2.32. The number of aliphatic hydroxyl groups excluding tert-OH is 1. The van der Waals surface area contributed by atoms with Crippen molar-refractivity contribution in [3.05, 3.63) is 0 Å². The molecule has 1 fully saturated rings. The van der Waals surface area contributed by atoms with Gasteiger partial charge in [-0.15, -0.1) is 0 Å². The number of hydrogen-bond acceptors (Lipinski definition) is 3. The van der Waals surface area contributed by atoms with Gasteiger partial charge in [-0.05, 0) is 25.7 Å². The summed E-state index contributed by atoms with van der Waals surface area (Å²) in [6.45, 7) is 4.20. The van der Waals surface area contributed by atoms with Crippen LogP contribution < -0.4 is 5.32 Å². The zero-order chi connectivity index (χ0) is 13.1. The number of aliphatic hydroxyl groups is 1. The van der Waals surface area contributed by atoms with E-state index in [2.05, 4.69) is 12.2 Å². The number of amides is 1. The van der Waals surface area contributed by atoms with Crippen LogP contribution in [0, 0.1) is 5.92 Å². The Morgan fingerprint density at radius 3 is 2.71 bits per heavy atom. The van der Waals surface area contributed by atoms with Gasteiger partial charge in [0.05, 0.1) is 12.6 Å². The number of rotatable bonds is 4. The standard InChI is InChI=1S/C13H26N2O2/c1-10-6-5-7-13(8-10,9-16)14-11(2)12(17)15(3)4/h10-11,14,16H,5-9H2,1-4H3. The number of hydrogen-bond donors (Lipinski definition) is 2. The molecule has 0 bridgehead atoms. The lowest BCUT2D eigenvalue weighted by Crippen LogP contribution is -2.58. The second-order valence-corrected chi connectivity index (χ2v) is 5.74. The molecule has 0 aromatic carbocycles. The molecule has 17 heavy (non-hydrogen) atoms. The molecule has 1 amide bonds. The maximum Gasteiger partial charge on any atom is 0.238 e. The molecule has 0 aromatic rings. The molecule has 0 aromatic heterocycles. The minimum atomic E-state index is -0.261. The molecular formula is C13H26N2O2. The Bertz CT molecular complexity index is 268. The third-order valence-electron chi connectivity index (χ3n) is 3.73. The number of carbonyl (C=O) groups excluding carboxylic acids is 1. The first-order chi connectivity index (χ1) is 7.90. The van der Waals surface area contributed by atoms with Crippen molar-refractivity contribution in [2.24, 2.45) is 5.92 Å². The molecule has 3 atom stereocenters. The molecule has 3 unspecified atom stereocenters. The van der Waals surface area contributed by atoms with Crippen LogP contribution in [0.15, 0.2) is 0 Å². The molecule has 1 rings (SSSR count). The van der Waals surface area contributed by atoms with Crippen LogP contribution in [0.3, 0.4) is 0 Å². The monoisotopic (exact) mass is 242 g/mol. The van der Waals surface area contributed by atoms with Gasteiger partial charge in [0, 0.05) is 19.6 Å². The van der Waals surface area contributed by atoms with E-state index in [-0.39, 0.29) is 24.1 Å². The van der Waals surface area contributed by atoms with Crippen LogP contribution in [-0.2, 0) is 4.79 Å². The third kappa shape index (κ3) is 3.68. The summed E-state index contributed by atoms with van der Waals surface area (Å²) in [5, 5.41) is 13.0. The molecule has 2 N–H and O–H groups in total. The van der Waals surface area contributed by atoms with E-state index in [1.54, 1.807) is 19.0 Å². The van der Waals surface area contributed by atoms with Crippen LogP contribution in [0.5, 0.6) is 0 Å². The Hall–Kier alpha value is -0.610. The van der Waals surface area contributed by atoms with Gasteiger partial charge in [-0.3, -0.25) is 10.1 Å². The predicted octanol–water partition coefficient (Wildman–Crippen LogP) is 0.994. The van der Waals surface area contributed by atoms with Gasteiger partial charge in [-0.2, -0.15) is 0 Å². The first-order valence-electron chi connectivity index (χ1n) is 6.50. The largest absolute Gasteiger partial charge is 0.394 e. The zero-order valence-corrected chi connectivity index (χ0v) is 11.5. The predicted molar refractivity (Wildman–Crippen MR) is 68.7 cm³/mol. The second-order valence-electron chi connectivity index (χ2n) is 5.74. The molecule has 0 heterocycles. The van der Waals surface area contributed by atoms with Crippen LogP contribution >= 0.6 is 0 Å². The first-order valence-corrected chi connectivity index (χ1v) is 6.50. The summed E-state index contributed by atoms with van der Waals surface area (Å²) in [7, 11) is 3.52. The van der Waals surface area contributed by atoms with Crippen molar-refractivity contribution in [1.82, 2.24) is 10.2 Å². The van der Waals surface area contributed by atoms with Crippen LogP contribution in [0.2, 0.25) is 0 Å². The normalized spacial score (nSPS) is 31.0. The molecule has 1 aliphatic carbocycles. The Balaban J connectivity index is 2.65. The van der Waals surface area contributed by atoms with E-state index in [0.717, 1.165) is 19.3 Å². The van der Waals surface area contributed by atoms with Crippen LogP contribution in [-0.4, -0.2) is 48.2 Å². The highest BCUT2D eigenvalue weighted by Gasteiger charge is 2.36. The van der Waals surface area contributed by atoms with Crippen molar-refractivity contribution in [3.63, 3.8) is 0 Å². The summed E-state index contributed by atoms with van der Waals surface area (Å²) >= 11 is 0. The highest BCUT2D eigenvalue weighted by molar-refractivity contribution is 5.81. The third-order valence-corrected chi connectivity index (χ3v) is 3.73. The van der Waals surface area contributed by atoms with Crippen molar-refractivity contribution in [3.8, 4) is 0 Å². The van der Waals surface area contributed by atoms with E-state index in [1.807, 2.05) is 6.92 Å². The van der Waals surface area contributed by atoms with Crippen LogP contribution in [0.4, 0.5) is 0 Å². The number of nitrogens with zero attached hydrogens (tertiary/aromatic N) is 1. The lowest BCUT2D eigenvalue weighted by atomic mass is 9.76. The van der Waals surface area contributed by atoms with Crippen LogP contribution in [0.25, 0.3) is 0 Å². The first kappa shape index (κ1) is 14.5. The highest BCUT2D eigenvalue weighted by atomic mass is 16.3. The zero-order valence-electron chi connectivity index (χ0n) is 11.5. The molecule has 1 saturated carbocycles. The maximum absolute atomic E-state index is 11.8. The van der Waals surface area contributed by atoms with Crippen molar-refractivity contribution in [1.29, 1.82) is 0 Å². The Labute approximate surface area is 104 Å². The topological polar surface area (TPSA) is 52.6 Å². The molecule has 0 saturated heterocycles. The van der Waals surface area contributed by atoms with Crippen molar-refractivity contribution < 1.29 is 9.90 Å². The Morgan fingerprint density at radius 2 is 2.24 bits per heavy atom. The van der Waals surface area contributed by atoms with E-state index in [9.17, 15) is 9.90 Å². The molecule has 1 aliphatic rings. The molecular weight excluding hydrogens is 216 g/mol. The minimum absolute atomic E-state index is 0.0658. The smallest absolute Gasteiger partial charge is 0.238 e. The number of likely N-dealkylation sites (N-methyl/N-ethyl adjacent to an activating group) is 1. The van der Waals surface area contributed by atoms with Crippen molar-refractivity contribution in [2.45, 2.75) is 51.1 Å². The lowest BCUT2D eigenvalue weighted by molar-refractivity contribution is -0.131. The van der Waals surface area contributed by atoms with Gasteiger partial charge < -0.3 is 10.0 Å². The Kier molecular flexibility index (Phi) is 4.95. The Morgan fingerprint density at radius 1 is 1.59 bits per heavy atom. The summed E-state index contributed by atoms with van der Waals surface area (Å²) in [5.74, 6) is 0.682. The van der Waals surface area contributed by atoms with E-state index in [4.69, 9.17) is 0 Å². The summed E-state index contributed by atoms with van der Waals surface area (Å²) < 4.78 is 0. The van der Waals surface area contributed by atoms with E-state index in [0.29, 0.717) is 5.92 Å². The van der Waals surface area contributed by atoms with Gasteiger partial charge in [0.15, 0.2) is 0 Å². The van der Waals surface area contributed by atoms with Gasteiger partial charge in [-0.25, -0.2) is 0 Å². The average Bonchev–Trinajstić information content (AvgIpc) is 2.27. The lowest BCUT2D eigenvalue weighted by Gasteiger charge is -2.41. The molecule has 4 heteroatoms. The fourth-order valence-corrected chi connectivity index (χ4v) is 2.89. The van der Waals surface area contributed by atoms with Gasteiger partial charge in [0.2, 0.25) is 5.91 Å². The molecule has 0 spiro atoms. The van der Waals surface area contributed by atoms with E-state index in [1.165, 1.54) is 6.42 Å². The van der Waals surface area contributed by atoms with Gasteiger partial charge in [0.25, 0.3) is 0 Å². The number of carbonyl (C=O) groups is 1. The van der Waals surface area contributed by atoms with Gasteiger partial charge >= 0.3 is 0 Å². The maximum atomic E-state index is 11.8. The van der Waals surface area contributed by atoms with Gasteiger partial charge in [0.1, 0.15) is 0 Å². The van der Waals surface area contributed by atoms with Crippen LogP contribution in [0.1, 0.15) is 39.5 Å². The molecule has 100 valence electrons. The van der Waals surface area contributed by atoms with E-state index < -0.39 is 0 Å². The molecule has 0 radical (unpaired) electrons. The minimum Gasteiger partial charge on any atom is -0.394 e. The van der Waals surface area contributed by atoms with E-state index >= 15 is 0 Å². The second kappa shape index (κ2) is 5.83. The fourth-order valence-electron chi connectivity index (χ4n) is 2.89. The average molecular weight is 242 g/mol. The van der Waals surface area contributed by atoms with Crippen molar-refractivity contribution >= 4 is 5.91 Å². The fraction of sp³-hybridized carbons (Fsp3) is 0.923. The SMILES string of the molecule is CC1CCCC(CO)(NC(C)C(=O)N(C)C)C1. The molecule has 0 aliphatic heterocycles. The summed E-state index contributed by atoms with van der Waals surface area (Å²) in [5.41, 5.74) is -0.261. The number of nitrogens with one attached hydrogen (secondary N) is 1. The molecule has 4 nitrogen and oxygen atoms in total.